The van der Waals surface area contributed by atoms with Gasteiger partial charge in [0.25, 0.3) is 0 Å². The van der Waals surface area contributed by atoms with Crippen LogP contribution in [0.25, 0.3) is 0 Å². The highest BCUT2D eigenvalue weighted by atomic mass is 17.1. The average Bonchev–Trinajstić information content (AvgIpc) is 1.82. The van der Waals surface area contributed by atoms with Crippen LogP contribution in [-0.2, 0) is 14.1 Å². The highest BCUT2D eigenvalue weighted by Crippen LogP contribution is 1.84. The fraction of sp³-hybridized carbons (Fsp3) is 0.600. The molecule has 0 atom stereocenters. The second-order valence-corrected chi connectivity index (χ2v) is 1.54. The zero-order chi connectivity index (χ0) is 7.28. The molecular formula is C5H8O4. The van der Waals surface area contributed by atoms with Gasteiger partial charge in [-0.1, -0.05) is 0 Å². The molecule has 52 valence electrons. The number of ketones is 1. The highest BCUT2D eigenvalue weighted by molar-refractivity contribution is 5.94. The molecule has 4 heteroatoms. The van der Waals surface area contributed by atoms with Crippen LogP contribution in [0.4, 0.5) is 0 Å². The first kappa shape index (κ1) is 7.94. The van der Waals surface area contributed by atoms with E-state index in [2.05, 4.69) is 9.31 Å². The number of carbonyl (C=O) groups excluding carboxylic acids is 2. The highest BCUT2D eigenvalue weighted by Gasteiger charge is 2.12. The largest absolute Gasteiger partial charge is 0.588 e. The fourth-order valence-electron chi connectivity index (χ4n) is 0.339. The van der Waals surface area contributed by atoms with Gasteiger partial charge in [0, 0.05) is 0 Å². The zero-order valence-electron chi connectivity index (χ0n) is 5.34. The van der Waals surface area contributed by atoms with Gasteiger partial charge in [0.15, 0.2) is 13.5 Å². The van der Waals surface area contributed by atoms with Crippen LogP contribution in [-0.4, -0.2) is 18.9 Å². The first-order chi connectivity index (χ1) is 4.20. The van der Waals surface area contributed by atoms with E-state index in [0.717, 1.165) is 0 Å². The molecule has 9 heavy (non-hydrogen) atoms. The molecule has 0 rings (SSSR count). The van der Waals surface area contributed by atoms with Crippen molar-refractivity contribution in [1.29, 1.82) is 0 Å². The number of Topliss-reactive ketones (excluding diaryl/α,β-unsaturated/α-hetero) is 1. The molecule has 0 aromatic rings. The normalized spacial score (nSPS) is 11.1. The lowest BCUT2D eigenvalue weighted by molar-refractivity contribution is -1.05. The molecule has 0 unspecified atom stereocenters. The summed E-state index contributed by atoms with van der Waals surface area (Å²) < 4.78 is 7.81. The molecule has 0 radical (unpaired) electrons. The van der Waals surface area contributed by atoms with Gasteiger partial charge in [-0.2, -0.15) is 0 Å². The summed E-state index contributed by atoms with van der Waals surface area (Å²) in [6.07, 6.45) is -0.0694. The van der Waals surface area contributed by atoms with Crippen molar-refractivity contribution in [2.45, 2.75) is 13.3 Å². The first-order valence-electron chi connectivity index (χ1n) is 2.39. The van der Waals surface area contributed by atoms with Gasteiger partial charge in [-0.05, 0) is 6.92 Å². The SMILES string of the molecule is COC(CC(C)=O)=[O+][O-]. The average molecular weight is 132 g/mol. The van der Waals surface area contributed by atoms with Crippen molar-refractivity contribution in [3.63, 3.8) is 0 Å². The Labute approximate surface area is 52.7 Å². The number of hydrogen-bond donors (Lipinski definition) is 0. The quantitative estimate of drug-likeness (QED) is 0.158. The van der Waals surface area contributed by atoms with Crippen molar-refractivity contribution >= 4 is 11.8 Å². The molecule has 0 aliphatic carbocycles. The Morgan fingerprint density at radius 1 is 1.78 bits per heavy atom. The minimum atomic E-state index is -0.192. The molecule has 0 amide bonds. The summed E-state index contributed by atoms with van der Waals surface area (Å²) in [5.41, 5.74) is 0. The van der Waals surface area contributed by atoms with Crippen LogP contribution >= 0.6 is 0 Å². The summed E-state index contributed by atoms with van der Waals surface area (Å²) in [5, 5.41) is 9.58. The van der Waals surface area contributed by atoms with E-state index in [9.17, 15) is 10.1 Å². The fourth-order valence-corrected chi connectivity index (χ4v) is 0.339. The van der Waals surface area contributed by atoms with Crippen LogP contribution in [0.3, 0.4) is 0 Å². The lowest BCUT2D eigenvalue weighted by Gasteiger charge is -1.88. The van der Waals surface area contributed by atoms with Gasteiger partial charge in [0.1, 0.15) is 5.78 Å². The number of hydrogen-bond acceptors (Lipinski definition) is 3. The molecule has 0 aliphatic heterocycles. The van der Waals surface area contributed by atoms with E-state index in [1.165, 1.54) is 14.0 Å². The molecule has 0 saturated heterocycles. The zero-order valence-corrected chi connectivity index (χ0v) is 5.34. The number of carbonyl (C=O) groups is 1. The Hall–Kier alpha value is -1.06. The van der Waals surface area contributed by atoms with Crippen molar-refractivity contribution in [2.75, 3.05) is 7.11 Å². The topological polar surface area (TPSA) is 60.7 Å². The van der Waals surface area contributed by atoms with Crippen LogP contribution in [0, 0.1) is 0 Å². The van der Waals surface area contributed by atoms with Crippen molar-refractivity contribution in [3.05, 3.63) is 0 Å². The summed E-state index contributed by atoms with van der Waals surface area (Å²) >= 11 is 0. The van der Waals surface area contributed by atoms with Crippen LogP contribution in [0.15, 0.2) is 0 Å². The maximum Gasteiger partial charge on any atom is 0.504 e. The predicted octanol–water partition coefficient (Wildman–Crippen LogP) is -1.05. The van der Waals surface area contributed by atoms with E-state index in [4.69, 9.17) is 0 Å². The van der Waals surface area contributed by atoms with Crippen molar-refractivity contribution in [2.24, 2.45) is 0 Å². The van der Waals surface area contributed by atoms with E-state index in [0.29, 0.717) is 0 Å². The molecular weight excluding hydrogens is 124 g/mol. The molecule has 0 aromatic heterocycles. The predicted molar refractivity (Wildman–Crippen MR) is 27.3 cm³/mol. The molecule has 0 aliphatic rings. The molecule has 0 heterocycles. The number of ether oxygens (including phenoxy) is 1. The maximum absolute atomic E-state index is 10.3. The molecule has 4 nitrogen and oxygen atoms in total. The van der Waals surface area contributed by atoms with Crippen molar-refractivity contribution in [3.8, 4) is 0 Å². The minimum Gasteiger partial charge on any atom is -0.588 e. The monoisotopic (exact) mass is 132 g/mol. The molecule has 0 spiro atoms. The second kappa shape index (κ2) is 3.88. The Morgan fingerprint density at radius 3 is 2.44 bits per heavy atom. The number of rotatable bonds is 2. The van der Waals surface area contributed by atoms with E-state index in [-0.39, 0.29) is 18.2 Å². The first-order valence-corrected chi connectivity index (χ1v) is 2.39. The van der Waals surface area contributed by atoms with E-state index < -0.39 is 0 Å². The smallest absolute Gasteiger partial charge is 0.504 e. The third-order valence-corrected chi connectivity index (χ3v) is 0.714. The summed E-state index contributed by atoms with van der Waals surface area (Å²) in [7, 11) is 1.27. The van der Waals surface area contributed by atoms with Crippen LogP contribution in [0.2, 0.25) is 0 Å². The van der Waals surface area contributed by atoms with Gasteiger partial charge in [0.05, 0.1) is 0 Å². The molecule has 0 bridgehead atoms. The van der Waals surface area contributed by atoms with Gasteiger partial charge in [-0.25, -0.2) is 0 Å². The summed E-state index contributed by atoms with van der Waals surface area (Å²) in [5.74, 6) is -0.356. The van der Waals surface area contributed by atoms with Gasteiger partial charge < -0.3 is 9.99 Å². The summed E-state index contributed by atoms with van der Waals surface area (Å²) in [6.45, 7) is 1.35. The van der Waals surface area contributed by atoms with Gasteiger partial charge >= 0.3 is 5.97 Å². The lowest BCUT2D eigenvalue weighted by Crippen LogP contribution is -2.14. The number of esters is 1. The summed E-state index contributed by atoms with van der Waals surface area (Å²) in [6, 6.07) is 0. The van der Waals surface area contributed by atoms with Gasteiger partial charge in [0.2, 0.25) is 0 Å². The van der Waals surface area contributed by atoms with Crippen molar-refractivity contribution in [1.82, 2.24) is 0 Å². The number of methoxy groups -OCH3 is 1. The van der Waals surface area contributed by atoms with Gasteiger partial charge in [-0.15, -0.1) is 0 Å². The van der Waals surface area contributed by atoms with Gasteiger partial charge in [-0.3, -0.25) is 9.37 Å². The lowest BCUT2D eigenvalue weighted by atomic mass is 10.3. The Morgan fingerprint density at radius 2 is 2.33 bits per heavy atom. The Bertz CT molecular complexity index is 127. The third kappa shape index (κ3) is 3.52. The van der Waals surface area contributed by atoms with E-state index in [1.54, 1.807) is 0 Å². The Kier molecular flexibility index (Phi) is 3.43. The molecule has 0 N–H and O–H groups in total. The van der Waals surface area contributed by atoms with Crippen LogP contribution in [0.1, 0.15) is 13.3 Å². The minimum absolute atomic E-state index is 0.0694. The molecule has 0 aromatic carbocycles. The Balaban J connectivity index is 3.71. The third-order valence-electron chi connectivity index (χ3n) is 0.714. The second-order valence-electron chi connectivity index (χ2n) is 1.54. The maximum atomic E-state index is 10.3. The standard InChI is InChI=1S/C5H8O4/c1-4(6)3-5(8-2)9-7/h3H2,1-2H3. The molecule has 0 saturated carbocycles. The van der Waals surface area contributed by atoms with E-state index in [1.807, 2.05) is 0 Å². The molecule has 0 fully saturated rings. The summed E-state index contributed by atoms with van der Waals surface area (Å²) in [4.78, 5) is 10.3. The van der Waals surface area contributed by atoms with E-state index >= 15 is 0 Å². The van der Waals surface area contributed by atoms with Crippen molar-refractivity contribution < 1.29 is 19.4 Å². The van der Waals surface area contributed by atoms with Crippen LogP contribution < -0.4 is 5.26 Å². The van der Waals surface area contributed by atoms with Crippen LogP contribution in [0.5, 0.6) is 0 Å².